The highest BCUT2D eigenvalue weighted by atomic mass is 35.5. The van der Waals surface area contributed by atoms with E-state index in [9.17, 15) is 9.18 Å². The second-order valence-electron chi connectivity index (χ2n) is 3.57. The Balaban J connectivity index is 2.22. The minimum Gasteiger partial charge on any atom is -0.469 e. The molecular weight excluding hydrogens is 245 g/mol. The van der Waals surface area contributed by atoms with Crippen molar-refractivity contribution in [2.75, 3.05) is 20.2 Å². The maximum absolute atomic E-state index is 12.9. The predicted molar refractivity (Wildman–Crippen MR) is 64.6 cm³/mol. The first-order valence-corrected chi connectivity index (χ1v) is 5.72. The Hall–Kier alpha value is -1.13. The molecule has 0 saturated heterocycles. The van der Waals surface area contributed by atoms with Gasteiger partial charge in [-0.1, -0.05) is 17.7 Å². The van der Waals surface area contributed by atoms with Crippen LogP contribution < -0.4 is 5.32 Å². The minimum absolute atomic E-state index is 0.136. The zero-order chi connectivity index (χ0) is 12.7. The van der Waals surface area contributed by atoms with Gasteiger partial charge < -0.3 is 10.1 Å². The van der Waals surface area contributed by atoms with E-state index in [-0.39, 0.29) is 11.0 Å². The van der Waals surface area contributed by atoms with Crippen LogP contribution in [-0.2, 0) is 16.0 Å². The van der Waals surface area contributed by atoms with Crippen LogP contribution in [0.1, 0.15) is 12.0 Å². The SMILES string of the molecule is COC(=O)CCNCCc1ccc(F)c(Cl)c1. The quantitative estimate of drug-likeness (QED) is 0.629. The van der Waals surface area contributed by atoms with Crippen LogP contribution in [0.3, 0.4) is 0 Å². The molecule has 0 aromatic heterocycles. The molecule has 0 heterocycles. The molecule has 0 atom stereocenters. The van der Waals surface area contributed by atoms with Gasteiger partial charge in [0.05, 0.1) is 18.6 Å². The van der Waals surface area contributed by atoms with E-state index in [1.165, 1.54) is 13.2 Å². The van der Waals surface area contributed by atoms with Crippen molar-refractivity contribution in [3.05, 3.63) is 34.6 Å². The topological polar surface area (TPSA) is 38.3 Å². The van der Waals surface area contributed by atoms with Crippen molar-refractivity contribution < 1.29 is 13.9 Å². The van der Waals surface area contributed by atoms with Crippen molar-refractivity contribution in [3.8, 4) is 0 Å². The normalized spacial score (nSPS) is 10.3. The van der Waals surface area contributed by atoms with Crippen LogP contribution in [0.25, 0.3) is 0 Å². The number of rotatable bonds is 6. The molecule has 0 aliphatic carbocycles. The number of carbonyl (C=O) groups is 1. The molecule has 3 nitrogen and oxygen atoms in total. The van der Waals surface area contributed by atoms with Crippen molar-refractivity contribution in [1.29, 1.82) is 0 Å². The van der Waals surface area contributed by atoms with E-state index in [0.717, 1.165) is 12.0 Å². The summed E-state index contributed by atoms with van der Waals surface area (Å²) in [6.07, 6.45) is 1.09. The smallest absolute Gasteiger partial charge is 0.306 e. The van der Waals surface area contributed by atoms with Crippen LogP contribution in [0.4, 0.5) is 4.39 Å². The average Bonchev–Trinajstić information content (AvgIpc) is 2.33. The Kier molecular flexibility index (Phi) is 5.94. The van der Waals surface area contributed by atoms with E-state index in [2.05, 4.69) is 10.1 Å². The van der Waals surface area contributed by atoms with Gasteiger partial charge in [-0.3, -0.25) is 4.79 Å². The first kappa shape index (κ1) is 13.9. The molecule has 94 valence electrons. The number of benzene rings is 1. The number of halogens is 2. The van der Waals surface area contributed by atoms with Crippen LogP contribution in [0.2, 0.25) is 5.02 Å². The van der Waals surface area contributed by atoms with Gasteiger partial charge in [0.1, 0.15) is 5.82 Å². The fourth-order valence-electron chi connectivity index (χ4n) is 1.35. The van der Waals surface area contributed by atoms with E-state index < -0.39 is 5.82 Å². The first-order chi connectivity index (χ1) is 8.13. The molecule has 0 amide bonds. The Morgan fingerprint density at radius 2 is 2.24 bits per heavy atom. The summed E-state index contributed by atoms with van der Waals surface area (Å²) >= 11 is 5.66. The molecule has 0 spiro atoms. The third-order valence-corrected chi connectivity index (χ3v) is 2.60. The molecule has 0 aliphatic rings. The molecule has 0 saturated carbocycles. The molecule has 1 aromatic rings. The molecular formula is C12H15ClFNO2. The van der Waals surface area contributed by atoms with Gasteiger partial charge >= 0.3 is 5.97 Å². The number of hydrogen-bond donors (Lipinski definition) is 1. The lowest BCUT2D eigenvalue weighted by atomic mass is 10.1. The molecule has 1 rings (SSSR count). The molecule has 5 heteroatoms. The minimum atomic E-state index is -0.408. The summed E-state index contributed by atoms with van der Waals surface area (Å²) < 4.78 is 17.4. The largest absolute Gasteiger partial charge is 0.469 e. The second-order valence-corrected chi connectivity index (χ2v) is 3.98. The molecule has 0 aliphatic heterocycles. The highest BCUT2D eigenvalue weighted by molar-refractivity contribution is 6.30. The van der Waals surface area contributed by atoms with Crippen molar-refractivity contribution in [2.45, 2.75) is 12.8 Å². The summed E-state index contributed by atoms with van der Waals surface area (Å²) in [7, 11) is 1.36. The van der Waals surface area contributed by atoms with E-state index in [1.807, 2.05) is 0 Å². The first-order valence-electron chi connectivity index (χ1n) is 5.35. The molecule has 0 bridgehead atoms. The fourth-order valence-corrected chi connectivity index (χ4v) is 1.55. The van der Waals surface area contributed by atoms with Crippen molar-refractivity contribution >= 4 is 17.6 Å². The van der Waals surface area contributed by atoms with Gasteiger partial charge in [-0.05, 0) is 30.7 Å². The number of nitrogens with one attached hydrogen (secondary N) is 1. The van der Waals surface area contributed by atoms with Crippen LogP contribution in [0, 0.1) is 5.82 Å². The maximum atomic E-state index is 12.9. The Labute approximate surface area is 105 Å². The van der Waals surface area contributed by atoms with Gasteiger partial charge in [0.15, 0.2) is 0 Å². The number of esters is 1. The number of hydrogen-bond acceptors (Lipinski definition) is 3. The highest BCUT2D eigenvalue weighted by Gasteiger charge is 2.01. The zero-order valence-electron chi connectivity index (χ0n) is 9.63. The van der Waals surface area contributed by atoms with Crippen LogP contribution in [-0.4, -0.2) is 26.2 Å². The highest BCUT2D eigenvalue weighted by Crippen LogP contribution is 2.15. The summed E-state index contributed by atoms with van der Waals surface area (Å²) in [5, 5.41) is 3.23. The average molecular weight is 260 g/mol. The molecule has 1 N–H and O–H groups in total. The summed E-state index contributed by atoms with van der Waals surface area (Å²) in [5.41, 5.74) is 0.960. The van der Waals surface area contributed by atoms with E-state index in [1.54, 1.807) is 12.1 Å². The Morgan fingerprint density at radius 3 is 2.88 bits per heavy atom. The van der Waals surface area contributed by atoms with Gasteiger partial charge in [0, 0.05) is 6.54 Å². The van der Waals surface area contributed by atoms with Crippen molar-refractivity contribution in [2.24, 2.45) is 0 Å². The third kappa shape index (κ3) is 5.15. The summed E-state index contributed by atoms with van der Waals surface area (Å²) in [5.74, 6) is -0.642. The van der Waals surface area contributed by atoms with Crippen LogP contribution in [0.5, 0.6) is 0 Å². The van der Waals surface area contributed by atoms with E-state index in [4.69, 9.17) is 11.6 Å². The van der Waals surface area contributed by atoms with Gasteiger partial charge in [0.2, 0.25) is 0 Å². The Bertz CT molecular complexity index is 385. The van der Waals surface area contributed by atoms with E-state index in [0.29, 0.717) is 19.5 Å². The predicted octanol–water partition coefficient (Wildman–Crippen LogP) is 2.17. The lowest BCUT2D eigenvalue weighted by molar-refractivity contribution is -0.140. The van der Waals surface area contributed by atoms with Crippen molar-refractivity contribution in [1.82, 2.24) is 5.32 Å². The third-order valence-electron chi connectivity index (χ3n) is 2.31. The summed E-state index contributed by atoms with van der Waals surface area (Å²) in [6.45, 7) is 1.28. The van der Waals surface area contributed by atoms with Gasteiger partial charge in [-0.15, -0.1) is 0 Å². The van der Waals surface area contributed by atoms with Crippen molar-refractivity contribution in [3.63, 3.8) is 0 Å². The maximum Gasteiger partial charge on any atom is 0.306 e. The standard InChI is InChI=1S/C12H15ClFNO2/c1-17-12(16)5-7-15-6-4-9-2-3-11(14)10(13)8-9/h2-3,8,15H,4-7H2,1H3. The summed E-state index contributed by atoms with van der Waals surface area (Å²) in [6, 6.07) is 4.66. The van der Waals surface area contributed by atoms with Gasteiger partial charge in [-0.25, -0.2) is 4.39 Å². The fraction of sp³-hybridized carbons (Fsp3) is 0.417. The van der Waals surface area contributed by atoms with Gasteiger partial charge in [-0.2, -0.15) is 0 Å². The Morgan fingerprint density at radius 1 is 1.47 bits per heavy atom. The van der Waals surface area contributed by atoms with Gasteiger partial charge in [0.25, 0.3) is 0 Å². The molecule has 0 unspecified atom stereocenters. The molecule has 17 heavy (non-hydrogen) atoms. The monoisotopic (exact) mass is 259 g/mol. The van der Waals surface area contributed by atoms with Crippen LogP contribution in [0.15, 0.2) is 18.2 Å². The molecule has 1 aromatic carbocycles. The van der Waals surface area contributed by atoms with E-state index >= 15 is 0 Å². The lowest BCUT2D eigenvalue weighted by Crippen LogP contribution is -2.21. The number of methoxy groups -OCH3 is 1. The number of ether oxygens (including phenoxy) is 1. The summed E-state index contributed by atoms with van der Waals surface area (Å²) in [4.78, 5) is 10.8. The number of carbonyl (C=O) groups excluding carboxylic acids is 1. The second kappa shape index (κ2) is 7.25. The zero-order valence-corrected chi connectivity index (χ0v) is 10.4. The molecule has 0 fully saturated rings. The lowest BCUT2D eigenvalue weighted by Gasteiger charge is -2.05. The molecule has 0 radical (unpaired) electrons. The van der Waals surface area contributed by atoms with Crippen LogP contribution >= 0.6 is 11.6 Å².